The van der Waals surface area contributed by atoms with Crippen LogP contribution in [0.1, 0.15) is 5.56 Å². The van der Waals surface area contributed by atoms with Crippen molar-refractivity contribution in [3.8, 4) is 0 Å². The van der Waals surface area contributed by atoms with Crippen LogP contribution in [0, 0.1) is 0 Å². The van der Waals surface area contributed by atoms with Crippen molar-refractivity contribution in [3.05, 3.63) is 66.6 Å². The lowest BCUT2D eigenvalue weighted by atomic mass is 10.1. The lowest BCUT2D eigenvalue weighted by Crippen LogP contribution is -2.14. The summed E-state index contributed by atoms with van der Waals surface area (Å²) in [6, 6.07) is 15.5. The van der Waals surface area contributed by atoms with Gasteiger partial charge in [0, 0.05) is 18.6 Å². The van der Waals surface area contributed by atoms with E-state index in [1.54, 1.807) is 12.5 Å². The topological polar surface area (TPSA) is 59.8 Å². The second-order valence-corrected chi connectivity index (χ2v) is 5.78. The van der Waals surface area contributed by atoms with Crippen LogP contribution in [0.2, 0.25) is 0 Å². The van der Waals surface area contributed by atoms with Crippen LogP contribution in [0.5, 0.6) is 0 Å². The Bertz CT molecular complexity index is 1050. The van der Waals surface area contributed by atoms with E-state index in [9.17, 15) is 4.79 Å². The van der Waals surface area contributed by atoms with Gasteiger partial charge in [-0.2, -0.15) is 0 Å². The summed E-state index contributed by atoms with van der Waals surface area (Å²) in [4.78, 5) is 21.1. The predicted molar refractivity (Wildman–Crippen MR) is 94.8 cm³/mol. The zero-order valence-electron chi connectivity index (χ0n) is 13.2. The van der Waals surface area contributed by atoms with Gasteiger partial charge in [0.1, 0.15) is 0 Å². The fourth-order valence-corrected chi connectivity index (χ4v) is 2.88. The number of carbonyl (C=O) groups is 1. The first-order chi connectivity index (χ1) is 11.7. The number of carbonyl (C=O) groups excluding carboxylic acids is 1. The van der Waals surface area contributed by atoms with Crippen LogP contribution < -0.4 is 5.32 Å². The van der Waals surface area contributed by atoms with Gasteiger partial charge in [0.05, 0.1) is 35.0 Å². The highest BCUT2D eigenvalue weighted by Crippen LogP contribution is 2.21. The van der Waals surface area contributed by atoms with Crippen LogP contribution in [0.15, 0.2) is 61.1 Å². The molecule has 0 radical (unpaired) electrons. The van der Waals surface area contributed by atoms with E-state index < -0.39 is 0 Å². The van der Waals surface area contributed by atoms with E-state index in [2.05, 4.69) is 15.3 Å². The molecule has 0 aliphatic rings. The van der Waals surface area contributed by atoms with Gasteiger partial charge in [0.2, 0.25) is 5.91 Å². The highest BCUT2D eigenvalue weighted by atomic mass is 16.1. The Morgan fingerprint density at radius 3 is 2.92 bits per heavy atom. The molecular weight excluding hydrogens is 300 g/mol. The second kappa shape index (κ2) is 5.77. The number of pyridine rings is 1. The summed E-state index contributed by atoms with van der Waals surface area (Å²) in [5.41, 5.74) is 4.42. The summed E-state index contributed by atoms with van der Waals surface area (Å²) in [5, 5.41) is 3.96. The molecule has 0 aliphatic heterocycles. The number of amides is 1. The lowest BCUT2D eigenvalue weighted by molar-refractivity contribution is -0.115. The SMILES string of the molecule is Cn1cnc2cc(CC(=O)Nc3cccc4cccnc34)ccc21. The number of hydrogen-bond donors (Lipinski definition) is 1. The quantitative estimate of drug-likeness (QED) is 0.631. The molecule has 5 nitrogen and oxygen atoms in total. The maximum Gasteiger partial charge on any atom is 0.228 e. The smallest absolute Gasteiger partial charge is 0.228 e. The summed E-state index contributed by atoms with van der Waals surface area (Å²) in [6.45, 7) is 0. The monoisotopic (exact) mass is 316 g/mol. The van der Waals surface area contributed by atoms with Gasteiger partial charge in [-0.15, -0.1) is 0 Å². The Kier molecular flexibility index (Phi) is 3.46. The van der Waals surface area contributed by atoms with Crippen molar-refractivity contribution in [2.24, 2.45) is 7.05 Å². The van der Waals surface area contributed by atoms with Crippen LogP contribution in [-0.2, 0) is 18.3 Å². The zero-order chi connectivity index (χ0) is 16.5. The molecule has 0 bridgehead atoms. The first-order valence-electron chi connectivity index (χ1n) is 7.74. The van der Waals surface area contributed by atoms with E-state index in [4.69, 9.17) is 0 Å². The van der Waals surface area contributed by atoms with Gasteiger partial charge in [-0.05, 0) is 29.8 Å². The van der Waals surface area contributed by atoms with Crippen molar-refractivity contribution in [2.45, 2.75) is 6.42 Å². The van der Waals surface area contributed by atoms with Gasteiger partial charge in [-0.1, -0.05) is 24.3 Å². The number of anilines is 1. The van der Waals surface area contributed by atoms with E-state index in [0.717, 1.165) is 33.2 Å². The van der Waals surface area contributed by atoms with Crippen molar-refractivity contribution in [3.63, 3.8) is 0 Å². The number of para-hydroxylation sites is 1. The molecule has 0 spiro atoms. The maximum absolute atomic E-state index is 12.4. The Morgan fingerprint density at radius 2 is 2.00 bits per heavy atom. The molecule has 1 amide bonds. The van der Waals surface area contributed by atoms with Gasteiger partial charge < -0.3 is 9.88 Å². The zero-order valence-corrected chi connectivity index (χ0v) is 13.2. The summed E-state index contributed by atoms with van der Waals surface area (Å²) in [5.74, 6) is -0.0663. The highest BCUT2D eigenvalue weighted by Gasteiger charge is 2.09. The van der Waals surface area contributed by atoms with Crippen molar-refractivity contribution in [2.75, 3.05) is 5.32 Å². The molecule has 118 valence electrons. The average Bonchev–Trinajstić information content (AvgIpc) is 2.96. The maximum atomic E-state index is 12.4. The Hall–Kier alpha value is -3.21. The molecular formula is C19H16N4O. The van der Waals surface area contributed by atoms with Crippen LogP contribution in [0.25, 0.3) is 21.9 Å². The van der Waals surface area contributed by atoms with Gasteiger partial charge in [-0.25, -0.2) is 4.98 Å². The third kappa shape index (κ3) is 2.60. The molecule has 4 aromatic rings. The number of rotatable bonds is 3. The molecule has 0 fully saturated rings. The summed E-state index contributed by atoms with van der Waals surface area (Å²) >= 11 is 0. The molecule has 24 heavy (non-hydrogen) atoms. The molecule has 0 saturated carbocycles. The first kappa shape index (κ1) is 14.4. The molecule has 4 rings (SSSR count). The number of aryl methyl sites for hydroxylation is 1. The molecule has 2 aromatic carbocycles. The third-order valence-corrected chi connectivity index (χ3v) is 4.06. The molecule has 1 N–H and O–H groups in total. The van der Waals surface area contributed by atoms with Gasteiger partial charge in [0.25, 0.3) is 0 Å². The first-order valence-corrected chi connectivity index (χ1v) is 7.74. The fourth-order valence-electron chi connectivity index (χ4n) is 2.88. The summed E-state index contributed by atoms with van der Waals surface area (Å²) < 4.78 is 1.96. The largest absolute Gasteiger partial charge is 0.334 e. The number of aromatic nitrogens is 3. The minimum absolute atomic E-state index is 0.0663. The molecule has 0 saturated heterocycles. The minimum Gasteiger partial charge on any atom is -0.334 e. The van der Waals surface area contributed by atoms with E-state index >= 15 is 0 Å². The number of hydrogen-bond acceptors (Lipinski definition) is 3. The summed E-state index contributed by atoms with van der Waals surface area (Å²) in [6.07, 6.45) is 3.80. The Balaban J connectivity index is 1.57. The predicted octanol–water partition coefficient (Wildman–Crippen LogP) is 3.30. The Labute approximate surface area is 139 Å². The second-order valence-electron chi connectivity index (χ2n) is 5.78. The van der Waals surface area contributed by atoms with Gasteiger partial charge in [0.15, 0.2) is 0 Å². The van der Waals surface area contributed by atoms with E-state index in [1.165, 1.54) is 0 Å². The molecule has 0 unspecified atom stereocenters. The molecule has 0 atom stereocenters. The fraction of sp³-hybridized carbons (Fsp3) is 0.105. The number of nitrogens with one attached hydrogen (secondary N) is 1. The average molecular weight is 316 g/mol. The van der Waals surface area contributed by atoms with Crippen LogP contribution in [-0.4, -0.2) is 20.4 Å². The number of nitrogens with zero attached hydrogens (tertiary/aromatic N) is 3. The van der Waals surface area contributed by atoms with Crippen molar-refractivity contribution in [1.82, 2.24) is 14.5 Å². The molecule has 5 heteroatoms. The molecule has 0 aliphatic carbocycles. The van der Waals surface area contributed by atoms with Crippen molar-refractivity contribution >= 4 is 33.5 Å². The third-order valence-electron chi connectivity index (χ3n) is 4.06. The lowest BCUT2D eigenvalue weighted by Gasteiger charge is -2.08. The Morgan fingerprint density at radius 1 is 1.12 bits per heavy atom. The minimum atomic E-state index is -0.0663. The van der Waals surface area contributed by atoms with E-state index in [1.807, 2.05) is 60.1 Å². The highest BCUT2D eigenvalue weighted by molar-refractivity contribution is 6.01. The van der Waals surface area contributed by atoms with Crippen LogP contribution >= 0.6 is 0 Å². The van der Waals surface area contributed by atoms with Crippen LogP contribution in [0.4, 0.5) is 5.69 Å². The molecule has 2 aromatic heterocycles. The number of benzene rings is 2. The van der Waals surface area contributed by atoms with Gasteiger partial charge in [-0.3, -0.25) is 9.78 Å². The van der Waals surface area contributed by atoms with Gasteiger partial charge >= 0.3 is 0 Å². The molecule has 2 heterocycles. The van der Waals surface area contributed by atoms with E-state index in [-0.39, 0.29) is 5.91 Å². The standard InChI is InChI=1S/C19H16N4O/c1-23-12-21-16-10-13(7-8-17(16)23)11-18(24)22-15-6-2-4-14-5-3-9-20-19(14)15/h2-10,12H,11H2,1H3,(H,22,24). The van der Waals surface area contributed by atoms with Crippen LogP contribution in [0.3, 0.4) is 0 Å². The van der Waals surface area contributed by atoms with E-state index in [0.29, 0.717) is 6.42 Å². The normalized spacial score (nSPS) is 11.0. The summed E-state index contributed by atoms with van der Waals surface area (Å²) in [7, 11) is 1.95. The number of fused-ring (bicyclic) bond motifs is 2. The van der Waals surface area contributed by atoms with Crippen molar-refractivity contribution in [1.29, 1.82) is 0 Å². The number of imidazole rings is 1. The van der Waals surface area contributed by atoms with Crippen molar-refractivity contribution < 1.29 is 4.79 Å².